The molecule has 0 amide bonds. The van der Waals surface area contributed by atoms with Crippen LogP contribution in [0.4, 0.5) is 0 Å². The minimum absolute atomic E-state index is 0.563. The number of fused-ring (bicyclic) bond motifs is 1. The topological polar surface area (TPSA) is 30.5 Å². The molecular weight excluding hydrogens is 238 g/mol. The predicted molar refractivity (Wildman–Crippen MR) is 75.6 cm³/mol. The van der Waals surface area contributed by atoms with Gasteiger partial charge in [-0.2, -0.15) is 0 Å². The van der Waals surface area contributed by atoms with Crippen LogP contribution in [0.3, 0.4) is 0 Å². The summed E-state index contributed by atoms with van der Waals surface area (Å²) in [5.74, 6) is 2.53. The summed E-state index contributed by atoms with van der Waals surface area (Å²) < 4.78 is 11.1. The van der Waals surface area contributed by atoms with Crippen LogP contribution in [-0.2, 0) is 6.54 Å². The predicted octanol–water partition coefficient (Wildman–Crippen LogP) is 2.98. The molecule has 0 spiro atoms. The van der Waals surface area contributed by atoms with Crippen molar-refractivity contribution in [3.05, 3.63) is 23.8 Å². The second-order valence-electron chi connectivity index (χ2n) is 6.10. The summed E-state index contributed by atoms with van der Waals surface area (Å²) in [4.78, 5) is 0. The molecule has 0 aromatic heterocycles. The fraction of sp³-hybridized carbons (Fsp3) is 0.625. The number of ether oxygens (including phenoxy) is 2. The van der Waals surface area contributed by atoms with E-state index in [0.717, 1.165) is 30.5 Å². The van der Waals surface area contributed by atoms with E-state index < -0.39 is 0 Å². The van der Waals surface area contributed by atoms with Gasteiger partial charge in [-0.1, -0.05) is 19.9 Å². The first-order chi connectivity index (χ1) is 9.20. The molecule has 1 aliphatic heterocycles. The summed E-state index contributed by atoms with van der Waals surface area (Å²) in [5, 5.41) is 3.60. The minimum Gasteiger partial charge on any atom is -0.486 e. The van der Waals surface area contributed by atoms with Gasteiger partial charge in [-0.15, -0.1) is 0 Å². The van der Waals surface area contributed by atoms with E-state index in [1.807, 2.05) is 6.07 Å². The van der Waals surface area contributed by atoms with E-state index in [4.69, 9.17) is 9.47 Å². The van der Waals surface area contributed by atoms with E-state index in [-0.39, 0.29) is 0 Å². The van der Waals surface area contributed by atoms with Gasteiger partial charge < -0.3 is 14.8 Å². The van der Waals surface area contributed by atoms with Crippen molar-refractivity contribution in [2.75, 3.05) is 19.8 Å². The van der Waals surface area contributed by atoms with Gasteiger partial charge in [-0.3, -0.25) is 0 Å². The Morgan fingerprint density at radius 3 is 2.58 bits per heavy atom. The Morgan fingerprint density at radius 2 is 1.89 bits per heavy atom. The van der Waals surface area contributed by atoms with E-state index in [9.17, 15) is 0 Å². The summed E-state index contributed by atoms with van der Waals surface area (Å²) in [6, 6.07) is 6.23. The lowest BCUT2D eigenvalue weighted by Crippen LogP contribution is -2.27. The maximum absolute atomic E-state index is 5.61. The van der Waals surface area contributed by atoms with Crippen molar-refractivity contribution >= 4 is 0 Å². The molecule has 1 fully saturated rings. The van der Waals surface area contributed by atoms with Gasteiger partial charge in [-0.25, -0.2) is 0 Å². The van der Waals surface area contributed by atoms with Crippen molar-refractivity contribution in [3.8, 4) is 11.5 Å². The third-order valence-electron chi connectivity index (χ3n) is 4.53. The summed E-state index contributed by atoms with van der Waals surface area (Å²) >= 11 is 0. The highest BCUT2D eigenvalue weighted by molar-refractivity contribution is 5.43. The lowest BCUT2D eigenvalue weighted by molar-refractivity contribution is 0.171. The molecule has 0 unspecified atom stereocenters. The molecule has 3 rings (SSSR count). The standard InChI is InChI=1S/C16H23NO2/c1-12(2)16(5-6-16)11-17-10-13-3-4-14-15(9-13)19-8-7-18-14/h3-4,9,12,17H,5-8,10-11H2,1-2H3. The van der Waals surface area contributed by atoms with Crippen molar-refractivity contribution in [2.45, 2.75) is 33.2 Å². The molecule has 1 heterocycles. The maximum atomic E-state index is 5.61. The van der Waals surface area contributed by atoms with E-state index in [1.165, 1.54) is 18.4 Å². The second-order valence-corrected chi connectivity index (χ2v) is 6.10. The van der Waals surface area contributed by atoms with Crippen LogP contribution in [0.25, 0.3) is 0 Å². The molecule has 1 aliphatic carbocycles. The number of nitrogens with one attached hydrogen (secondary N) is 1. The van der Waals surface area contributed by atoms with Crippen LogP contribution in [0.15, 0.2) is 18.2 Å². The Kier molecular flexibility index (Phi) is 3.40. The molecule has 0 atom stereocenters. The van der Waals surface area contributed by atoms with Crippen LogP contribution in [0.5, 0.6) is 11.5 Å². The molecule has 104 valence electrons. The molecule has 19 heavy (non-hydrogen) atoms. The van der Waals surface area contributed by atoms with Gasteiger partial charge in [0.05, 0.1) is 0 Å². The Bertz CT molecular complexity index is 452. The lowest BCUT2D eigenvalue weighted by Gasteiger charge is -2.21. The van der Waals surface area contributed by atoms with Crippen LogP contribution in [0.1, 0.15) is 32.3 Å². The van der Waals surface area contributed by atoms with Crippen LogP contribution < -0.4 is 14.8 Å². The van der Waals surface area contributed by atoms with Gasteiger partial charge in [0.25, 0.3) is 0 Å². The summed E-state index contributed by atoms with van der Waals surface area (Å²) in [5.41, 5.74) is 1.83. The molecule has 3 nitrogen and oxygen atoms in total. The van der Waals surface area contributed by atoms with Gasteiger partial charge in [0.15, 0.2) is 11.5 Å². The number of benzene rings is 1. The quantitative estimate of drug-likeness (QED) is 0.884. The van der Waals surface area contributed by atoms with Crippen molar-refractivity contribution in [3.63, 3.8) is 0 Å². The lowest BCUT2D eigenvalue weighted by atomic mass is 9.92. The third-order valence-corrected chi connectivity index (χ3v) is 4.53. The van der Waals surface area contributed by atoms with Crippen molar-refractivity contribution in [1.29, 1.82) is 0 Å². The molecule has 0 bridgehead atoms. The Labute approximate surface area is 115 Å². The Hall–Kier alpha value is -1.22. The van der Waals surface area contributed by atoms with E-state index in [1.54, 1.807) is 0 Å². The first-order valence-corrected chi connectivity index (χ1v) is 7.29. The zero-order valence-electron chi connectivity index (χ0n) is 11.9. The number of hydrogen-bond acceptors (Lipinski definition) is 3. The molecular formula is C16H23NO2. The Morgan fingerprint density at radius 1 is 1.16 bits per heavy atom. The molecule has 0 radical (unpaired) electrons. The van der Waals surface area contributed by atoms with Crippen molar-refractivity contribution < 1.29 is 9.47 Å². The monoisotopic (exact) mass is 261 g/mol. The summed E-state index contributed by atoms with van der Waals surface area (Å²) in [6.07, 6.45) is 2.75. The fourth-order valence-electron chi connectivity index (χ4n) is 2.77. The first-order valence-electron chi connectivity index (χ1n) is 7.29. The highest BCUT2D eigenvalue weighted by Gasteiger charge is 2.44. The van der Waals surface area contributed by atoms with Crippen LogP contribution in [0, 0.1) is 11.3 Å². The summed E-state index contributed by atoms with van der Waals surface area (Å²) in [6.45, 7) is 8.00. The van der Waals surface area contributed by atoms with Crippen LogP contribution >= 0.6 is 0 Å². The van der Waals surface area contributed by atoms with Gasteiger partial charge >= 0.3 is 0 Å². The van der Waals surface area contributed by atoms with Gasteiger partial charge in [0.1, 0.15) is 13.2 Å². The summed E-state index contributed by atoms with van der Waals surface area (Å²) in [7, 11) is 0. The van der Waals surface area contributed by atoms with Gasteiger partial charge in [0.2, 0.25) is 0 Å². The molecule has 2 aliphatic rings. The largest absolute Gasteiger partial charge is 0.486 e. The van der Waals surface area contributed by atoms with Crippen molar-refractivity contribution in [2.24, 2.45) is 11.3 Å². The van der Waals surface area contributed by atoms with Crippen molar-refractivity contribution in [1.82, 2.24) is 5.32 Å². The first kappa shape index (κ1) is 12.8. The molecule has 1 aromatic rings. The smallest absolute Gasteiger partial charge is 0.161 e. The van der Waals surface area contributed by atoms with E-state index >= 15 is 0 Å². The fourth-order valence-corrected chi connectivity index (χ4v) is 2.77. The molecule has 3 heteroatoms. The zero-order valence-corrected chi connectivity index (χ0v) is 11.9. The molecule has 0 saturated heterocycles. The minimum atomic E-state index is 0.563. The number of hydrogen-bond donors (Lipinski definition) is 1. The van der Waals surface area contributed by atoms with Gasteiger partial charge in [-0.05, 0) is 41.9 Å². The molecule has 1 N–H and O–H groups in total. The van der Waals surface area contributed by atoms with Crippen LogP contribution in [-0.4, -0.2) is 19.8 Å². The molecule has 1 aromatic carbocycles. The normalized spacial score (nSPS) is 19.5. The maximum Gasteiger partial charge on any atom is 0.161 e. The highest BCUT2D eigenvalue weighted by Crippen LogP contribution is 2.51. The van der Waals surface area contributed by atoms with Crippen LogP contribution in [0.2, 0.25) is 0 Å². The second kappa shape index (κ2) is 5.04. The average molecular weight is 261 g/mol. The van der Waals surface area contributed by atoms with E-state index in [2.05, 4.69) is 31.3 Å². The average Bonchev–Trinajstić information content (AvgIpc) is 3.20. The van der Waals surface area contributed by atoms with E-state index in [0.29, 0.717) is 18.6 Å². The highest BCUT2D eigenvalue weighted by atomic mass is 16.6. The zero-order chi connectivity index (χ0) is 13.3. The molecule has 1 saturated carbocycles. The third kappa shape index (κ3) is 2.71. The van der Waals surface area contributed by atoms with Gasteiger partial charge in [0, 0.05) is 13.1 Å². The number of rotatable bonds is 5. The SMILES string of the molecule is CC(C)C1(CNCc2ccc3c(c2)OCCO3)CC1. The Balaban J connectivity index is 1.56.